The highest BCUT2D eigenvalue weighted by molar-refractivity contribution is 7.91. The Hall–Kier alpha value is -3.22. The molecule has 3 aromatic carbocycles. The van der Waals surface area contributed by atoms with E-state index in [0.717, 1.165) is 16.9 Å². The Bertz CT molecular complexity index is 1470. The molecule has 7 heteroatoms. The molecule has 0 radical (unpaired) electrons. The number of carbonyl (C=O) groups is 2. The van der Waals surface area contributed by atoms with Crippen molar-refractivity contribution in [1.82, 2.24) is 0 Å². The molecule has 33 heavy (non-hydrogen) atoms. The van der Waals surface area contributed by atoms with Gasteiger partial charge in [0.05, 0.1) is 9.79 Å². The molecule has 5 nitrogen and oxygen atoms in total. The molecule has 2 aliphatic heterocycles. The molecule has 0 saturated carbocycles. The number of benzene rings is 3. The first-order valence-electron chi connectivity index (χ1n) is 10.3. The number of halogens is 1. The van der Waals surface area contributed by atoms with E-state index in [2.05, 4.69) is 13.8 Å². The summed E-state index contributed by atoms with van der Waals surface area (Å²) in [6.45, 7) is 4.11. The van der Waals surface area contributed by atoms with E-state index in [0.29, 0.717) is 0 Å². The van der Waals surface area contributed by atoms with Crippen molar-refractivity contribution in [2.75, 3.05) is 11.9 Å². The van der Waals surface area contributed by atoms with Crippen molar-refractivity contribution in [3.63, 3.8) is 0 Å². The van der Waals surface area contributed by atoms with Crippen LogP contribution in [0.2, 0.25) is 0 Å². The van der Waals surface area contributed by atoms with Gasteiger partial charge >= 0.3 is 0 Å². The second-order valence-electron chi connectivity index (χ2n) is 8.63. The minimum atomic E-state index is -3.90. The summed E-state index contributed by atoms with van der Waals surface area (Å²) in [5.74, 6) is -0.660. The van der Waals surface area contributed by atoms with Gasteiger partial charge < -0.3 is 4.90 Å². The molecule has 0 unspecified atom stereocenters. The van der Waals surface area contributed by atoms with Gasteiger partial charge in [-0.25, -0.2) is 8.42 Å². The predicted octanol–water partition coefficient (Wildman–Crippen LogP) is 4.98. The highest BCUT2D eigenvalue weighted by atomic mass is 35.5. The van der Waals surface area contributed by atoms with Crippen molar-refractivity contribution >= 4 is 39.5 Å². The summed E-state index contributed by atoms with van der Waals surface area (Å²) in [6, 6.07) is 18.4. The molecule has 2 aliphatic rings. The molecule has 2 heterocycles. The third-order valence-corrected chi connectivity index (χ3v) is 8.28. The van der Waals surface area contributed by atoms with Crippen molar-refractivity contribution < 1.29 is 18.0 Å². The number of nitrogens with zero attached hydrogens (tertiary/aromatic N) is 1. The number of carbonyl (C=O) groups excluding carboxylic acids is 2. The maximum atomic E-state index is 13.2. The Balaban J connectivity index is 0.00000259. The number of fused-ring (bicyclic) bond motifs is 3. The fourth-order valence-electron chi connectivity index (χ4n) is 4.70. The van der Waals surface area contributed by atoms with Crippen LogP contribution in [0, 0.1) is 0 Å². The average molecular weight is 480 g/mol. The molecule has 0 aromatic heterocycles. The molecule has 0 amide bonds. The van der Waals surface area contributed by atoms with Gasteiger partial charge in [-0.3, -0.25) is 9.59 Å². The minimum absolute atomic E-state index is 0. The number of rotatable bonds is 2. The molecule has 168 valence electrons. The van der Waals surface area contributed by atoms with Gasteiger partial charge in [-0.1, -0.05) is 50.2 Å². The van der Waals surface area contributed by atoms with Crippen molar-refractivity contribution in [2.24, 2.45) is 0 Å². The van der Waals surface area contributed by atoms with Gasteiger partial charge in [0.1, 0.15) is 0 Å². The van der Waals surface area contributed by atoms with E-state index in [9.17, 15) is 18.0 Å². The van der Waals surface area contributed by atoms with Crippen LogP contribution in [-0.2, 0) is 15.3 Å². The van der Waals surface area contributed by atoms with Crippen molar-refractivity contribution in [3.05, 3.63) is 101 Å². The maximum Gasteiger partial charge on any atom is 0.208 e. The number of allylic oxidation sites excluding steroid dienone is 2. The van der Waals surface area contributed by atoms with Crippen LogP contribution in [0.5, 0.6) is 0 Å². The SMILES string of the molecule is CN1/C(=C/C(=O)c2ccc3c(c2)S(=O)(=O)c2ccccc2C3=O)C(C)(C)c2ccccc21.Cl. The normalized spacial score (nSPS) is 18.2. The highest BCUT2D eigenvalue weighted by Crippen LogP contribution is 2.46. The van der Waals surface area contributed by atoms with Gasteiger partial charge in [0.25, 0.3) is 0 Å². The van der Waals surface area contributed by atoms with E-state index in [1.54, 1.807) is 18.2 Å². The van der Waals surface area contributed by atoms with Crippen LogP contribution >= 0.6 is 12.4 Å². The molecule has 0 atom stereocenters. The molecular weight excluding hydrogens is 458 g/mol. The zero-order chi connectivity index (χ0) is 22.8. The van der Waals surface area contributed by atoms with Gasteiger partial charge in [0.15, 0.2) is 11.6 Å². The monoisotopic (exact) mass is 479 g/mol. The topological polar surface area (TPSA) is 71.5 Å². The summed E-state index contributed by atoms with van der Waals surface area (Å²) in [7, 11) is -1.98. The molecular formula is C26H22ClNO4S. The van der Waals surface area contributed by atoms with E-state index < -0.39 is 9.84 Å². The summed E-state index contributed by atoms with van der Waals surface area (Å²) in [4.78, 5) is 27.9. The van der Waals surface area contributed by atoms with Gasteiger partial charge in [0, 0.05) is 46.6 Å². The Morgan fingerprint density at radius 1 is 0.909 bits per heavy atom. The molecule has 0 N–H and O–H groups in total. The van der Waals surface area contributed by atoms with Crippen molar-refractivity contribution in [2.45, 2.75) is 29.1 Å². The molecule has 0 saturated heterocycles. The summed E-state index contributed by atoms with van der Waals surface area (Å²) in [5.41, 5.74) is 3.09. The molecule has 0 aliphatic carbocycles. The lowest BCUT2D eigenvalue weighted by molar-refractivity contribution is 0.102. The van der Waals surface area contributed by atoms with E-state index in [1.807, 2.05) is 36.2 Å². The van der Waals surface area contributed by atoms with E-state index in [1.165, 1.54) is 30.3 Å². The first-order chi connectivity index (χ1) is 15.1. The van der Waals surface area contributed by atoms with E-state index >= 15 is 0 Å². The Kier molecular flexibility index (Phi) is 5.34. The fraction of sp³-hybridized carbons (Fsp3) is 0.154. The smallest absolute Gasteiger partial charge is 0.208 e. The third kappa shape index (κ3) is 3.24. The van der Waals surface area contributed by atoms with Crippen LogP contribution in [0.3, 0.4) is 0 Å². The van der Waals surface area contributed by atoms with Crippen molar-refractivity contribution in [1.29, 1.82) is 0 Å². The lowest BCUT2D eigenvalue weighted by Gasteiger charge is -2.24. The van der Waals surface area contributed by atoms with Crippen LogP contribution in [0.4, 0.5) is 5.69 Å². The van der Waals surface area contributed by atoms with Gasteiger partial charge in [-0.2, -0.15) is 0 Å². The number of hydrogen-bond acceptors (Lipinski definition) is 5. The summed E-state index contributed by atoms with van der Waals surface area (Å²) >= 11 is 0. The van der Waals surface area contributed by atoms with E-state index in [-0.39, 0.29) is 55.9 Å². The van der Waals surface area contributed by atoms with E-state index in [4.69, 9.17) is 0 Å². The summed E-state index contributed by atoms with van der Waals surface area (Å²) in [5, 5.41) is 0. The van der Waals surface area contributed by atoms with Crippen LogP contribution in [-0.4, -0.2) is 27.0 Å². The summed E-state index contributed by atoms with van der Waals surface area (Å²) in [6.07, 6.45) is 1.56. The molecule has 0 spiro atoms. The third-order valence-electron chi connectivity index (χ3n) is 6.43. The maximum absolute atomic E-state index is 13.2. The number of sulfone groups is 1. The predicted molar refractivity (Wildman–Crippen MR) is 129 cm³/mol. The molecule has 5 rings (SSSR count). The largest absolute Gasteiger partial charge is 0.347 e. The molecule has 0 fully saturated rings. The number of likely N-dealkylation sites (N-methyl/N-ethyl adjacent to an activating group) is 1. The second-order valence-corrected chi connectivity index (χ2v) is 10.5. The first-order valence-corrected chi connectivity index (χ1v) is 11.7. The standard InChI is InChI=1S/C26H21NO4S.ClH/c1-26(2)19-9-5-6-10-20(19)27(3)24(26)15-21(28)16-12-13-18-23(14-16)32(30,31)22-11-7-4-8-17(22)25(18)29;/h4-15H,1-3H3;1H/b24-15+;. The average Bonchev–Trinajstić information content (AvgIpc) is 2.98. The Morgan fingerprint density at radius 3 is 2.27 bits per heavy atom. The van der Waals surface area contributed by atoms with Crippen LogP contribution in [0.25, 0.3) is 0 Å². The first kappa shape index (κ1) is 23.0. The van der Waals surface area contributed by atoms with Crippen LogP contribution in [0.1, 0.15) is 45.7 Å². The minimum Gasteiger partial charge on any atom is -0.347 e. The van der Waals surface area contributed by atoms with Gasteiger partial charge in [0.2, 0.25) is 9.84 Å². The lowest BCUT2D eigenvalue weighted by atomic mass is 9.83. The molecule has 3 aromatic rings. The van der Waals surface area contributed by atoms with Crippen LogP contribution < -0.4 is 4.90 Å². The van der Waals surface area contributed by atoms with Crippen LogP contribution in [0.15, 0.2) is 88.3 Å². The summed E-state index contributed by atoms with van der Waals surface area (Å²) < 4.78 is 26.4. The second kappa shape index (κ2) is 7.68. The number of anilines is 1. The zero-order valence-electron chi connectivity index (χ0n) is 18.3. The molecule has 0 bridgehead atoms. The van der Waals surface area contributed by atoms with Crippen molar-refractivity contribution in [3.8, 4) is 0 Å². The van der Waals surface area contributed by atoms with Gasteiger partial charge in [-0.05, 0) is 35.9 Å². The zero-order valence-corrected chi connectivity index (χ0v) is 20.0. The quantitative estimate of drug-likeness (QED) is 0.299. The number of ketones is 2. The van der Waals surface area contributed by atoms with Gasteiger partial charge in [-0.15, -0.1) is 12.4 Å². The Labute approximate surface area is 199 Å². The highest BCUT2D eigenvalue weighted by Gasteiger charge is 2.39. The lowest BCUT2D eigenvalue weighted by Crippen LogP contribution is -2.24. The fourth-order valence-corrected chi connectivity index (χ4v) is 6.38. The Morgan fingerprint density at radius 2 is 1.55 bits per heavy atom. The number of para-hydroxylation sites is 1. The number of hydrogen-bond donors (Lipinski definition) is 0.